The molecule has 9 nitrogen and oxygen atoms in total. The van der Waals surface area contributed by atoms with Gasteiger partial charge in [0.1, 0.15) is 19.8 Å². The quantitative estimate of drug-likeness (QED) is 0.0195. The lowest BCUT2D eigenvalue weighted by molar-refractivity contribution is -0.870. The Bertz CT molecular complexity index is 1130. The van der Waals surface area contributed by atoms with Crippen molar-refractivity contribution >= 4 is 19.8 Å². The third-order valence-electron chi connectivity index (χ3n) is 12.8. The van der Waals surface area contributed by atoms with Crippen LogP contribution in [0, 0.1) is 0 Å². The average Bonchev–Trinajstić information content (AvgIpc) is 3.27. The van der Waals surface area contributed by atoms with Gasteiger partial charge in [-0.25, -0.2) is 0 Å². The summed E-state index contributed by atoms with van der Waals surface area (Å²) in [6.07, 6.45) is 55.9. The highest BCUT2D eigenvalue weighted by Crippen LogP contribution is 2.38. The normalized spacial score (nSPS) is 13.4. The Balaban J connectivity index is 3.88. The number of carbonyl (C=O) groups excluding carboxylic acids is 2. The summed E-state index contributed by atoms with van der Waals surface area (Å²) in [4.78, 5) is 37.6. The molecule has 0 aromatic heterocycles. The first-order chi connectivity index (χ1) is 32.0. The van der Waals surface area contributed by atoms with Gasteiger partial charge in [-0.3, -0.25) is 14.2 Å². The third kappa shape index (κ3) is 52.1. The molecule has 0 aliphatic heterocycles. The molecule has 2 unspecified atom stereocenters. The molecule has 0 fully saturated rings. The Morgan fingerprint density at radius 2 is 0.803 bits per heavy atom. The summed E-state index contributed by atoms with van der Waals surface area (Å²) < 4.78 is 34.0. The van der Waals surface area contributed by atoms with Gasteiger partial charge in [-0.05, 0) is 32.1 Å². The maximum atomic E-state index is 12.7. The van der Waals surface area contributed by atoms with Crippen molar-refractivity contribution in [2.24, 2.45) is 0 Å². The summed E-state index contributed by atoms with van der Waals surface area (Å²) >= 11 is 0. The van der Waals surface area contributed by atoms with Crippen LogP contribution in [0.4, 0.5) is 0 Å². The van der Waals surface area contributed by atoms with E-state index in [1.807, 2.05) is 21.1 Å². The monoisotopic (exact) mass is 956 g/mol. The predicted molar refractivity (Wildman–Crippen MR) is 278 cm³/mol. The summed E-state index contributed by atoms with van der Waals surface area (Å²) in [5.74, 6) is -0.833. The molecule has 0 aromatic rings. The standard InChI is InChI=1S/C56H110NO8P/c1-6-8-10-12-14-16-18-19-20-21-22-23-24-25-26-27-28-29-30-31-32-33-34-35-36-37-38-39-41-42-44-46-48-55(58)62-52-54(53-64-66(60,61)63-51-50-57(3,4)5)65-56(59)49-47-45-43-40-17-15-13-11-9-7-2/h11,13,54H,6-10,12,14-53H2,1-5H3/b13-11-. The number of allylic oxidation sites excluding steroid dienone is 2. The predicted octanol–water partition coefficient (Wildman–Crippen LogP) is 16.6. The Hall–Kier alpha value is -1.25. The SMILES string of the molecule is CCC/C=C\CCCCCCCC(=O)OC(COC(=O)CCCCCCCCCCCCCCCCCCCCCCCCCCCCCCCCCC)COP(=O)([O-])OCC[N+](C)(C)C. The summed E-state index contributed by atoms with van der Waals surface area (Å²) in [5, 5.41) is 0. The number of esters is 2. The summed E-state index contributed by atoms with van der Waals surface area (Å²) in [6, 6.07) is 0. The van der Waals surface area contributed by atoms with Crippen molar-refractivity contribution in [2.45, 2.75) is 290 Å². The maximum absolute atomic E-state index is 12.7. The minimum Gasteiger partial charge on any atom is -0.756 e. The number of hydrogen-bond donors (Lipinski definition) is 0. The molecule has 0 amide bonds. The number of phosphoric ester groups is 1. The van der Waals surface area contributed by atoms with Gasteiger partial charge in [0.15, 0.2) is 6.10 Å². The third-order valence-corrected chi connectivity index (χ3v) is 13.7. The molecule has 0 rings (SSSR count). The van der Waals surface area contributed by atoms with E-state index in [9.17, 15) is 19.0 Å². The molecule has 392 valence electrons. The first-order valence-electron chi connectivity index (χ1n) is 28.4. The van der Waals surface area contributed by atoms with Crippen LogP contribution < -0.4 is 4.89 Å². The van der Waals surface area contributed by atoms with Gasteiger partial charge in [0.05, 0.1) is 27.7 Å². The molecule has 0 saturated carbocycles. The van der Waals surface area contributed by atoms with E-state index in [1.54, 1.807) is 0 Å². The van der Waals surface area contributed by atoms with Gasteiger partial charge in [0.25, 0.3) is 7.82 Å². The smallest absolute Gasteiger partial charge is 0.306 e. The van der Waals surface area contributed by atoms with Gasteiger partial charge >= 0.3 is 11.9 Å². The number of hydrogen-bond acceptors (Lipinski definition) is 8. The number of likely N-dealkylation sites (N-methyl/N-ethyl adjacent to an activating group) is 1. The van der Waals surface area contributed by atoms with E-state index >= 15 is 0 Å². The molecule has 10 heteroatoms. The fourth-order valence-electron chi connectivity index (χ4n) is 8.37. The lowest BCUT2D eigenvalue weighted by Gasteiger charge is -2.28. The second-order valence-electron chi connectivity index (χ2n) is 20.7. The van der Waals surface area contributed by atoms with Crippen molar-refractivity contribution in [1.29, 1.82) is 0 Å². The second kappa shape index (κ2) is 48.8. The summed E-state index contributed by atoms with van der Waals surface area (Å²) in [5.41, 5.74) is 0. The number of unbranched alkanes of at least 4 members (excludes halogenated alkanes) is 37. The highest BCUT2D eigenvalue weighted by Gasteiger charge is 2.22. The lowest BCUT2D eigenvalue weighted by atomic mass is 10.0. The zero-order valence-electron chi connectivity index (χ0n) is 44.4. The number of nitrogens with zero attached hydrogens (tertiary/aromatic N) is 1. The van der Waals surface area contributed by atoms with E-state index < -0.39 is 26.5 Å². The molecule has 0 N–H and O–H groups in total. The summed E-state index contributed by atoms with van der Waals surface area (Å²) in [6.45, 7) is 4.20. The van der Waals surface area contributed by atoms with Gasteiger partial charge in [-0.2, -0.15) is 0 Å². The van der Waals surface area contributed by atoms with E-state index in [0.29, 0.717) is 17.4 Å². The van der Waals surface area contributed by atoms with Crippen LogP contribution in [-0.4, -0.2) is 70.0 Å². The van der Waals surface area contributed by atoms with Crippen LogP contribution in [-0.2, 0) is 32.7 Å². The van der Waals surface area contributed by atoms with Crippen molar-refractivity contribution < 1.29 is 42.1 Å². The van der Waals surface area contributed by atoms with Gasteiger partial charge in [0.2, 0.25) is 0 Å². The van der Waals surface area contributed by atoms with Crippen LogP contribution in [0.15, 0.2) is 12.2 Å². The molecular formula is C56H110NO8P. The number of ether oxygens (including phenoxy) is 2. The van der Waals surface area contributed by atoms with Gasteiger partial charge in [0, 0.05) is 12.8 Å². The zero-order chi connectivity index (χ0) is 48.5. The second-order valence-corrected chi connectivity index (χ2v) is 22.1. The lowest BCUT2D eigenvalue weighted by Crippen LogP contribution is -2.37. The van der Waals surface area contributed by atoms with E-state index in [4.69, 9.17) is 18.5 Å². The number of rotatable bonds is 53. The minimum atomic E-state index is -4.62. The maximum Gasteiger partial charge on any atom is 0.306 e. The molecule has 0 bridgehead atoms. The molecule has 0 saturated heterocycles. The van der Waals surface area contributed by atoms with E-state index in [1.165, 1.54) is 193 Å². The number of carbonyl (C=O) groups is 2. The first kappa shape index (κ1) is 64.8. The fourth-order valence-corrected chi connectivity index (χ4v) is 9.10. The van der Waals surface area contributed by atoms with Crippen LogP contribution >= 0.6 is 7.82 Å². The van der Waals surface area contributed by atoms with Gasteiger partial charge < -0.3 is 27.9 Å². The van der Waals surface area contributed by atoms with Crippen LogP contribution in [0.25, 0.3) is 0 Å². The molecule has 0 heterocycles. The highest BCUT2D eigenvalue weighted by atomic mass is 31.2. The van der Waals surface area contributed by atoms with Crippen LogP contribution in [0.5, 0.6) is 0 Å². The molecule has 0 aliphatic rings. The van der Waals surface area contributed by atoms with Gasteiger partial charge in [-0.15, -0.1) is 0 Å². The fraction of sp³-hybridized carbons (Fsp3) is 0.929. The molecule has 66 heavy (non-hydrogen) atoms. The zero-order valence-corrected chi connectivity index (χ0v) is 45.3. The van der Waals surface area contributed by atoms with Crippen LogP contribution in [0.3, 0.4) is 0 Å². The average molecular weight is 956 g/mol. The Morgan fingerprint density at radius 3 is 1.18 bits per heavy atom. The largest absolute Gasteiger partial charge is 0.756 e. The molecule has 0 aliphatic carbocycles. The Labute approximate surface area is 409 Å². The van der Waals surface area contributed by atoms with Crippen molar-refractivity contribution in [1.82, 2.24) is 0 Å². The van der Waals surface area contributed by atoms with E-state index in [-0.39, 0.29) is 32.0 Å². The highest BCUT2D eigenvalue weighted by molar-refractivity contribution is 7.45. The van der Waals surface area contributed by atoms with E-state index in [2.05, 4.69) is 26.0 Å². The molecular weight excluding hydrogens is 846 g/mol. The Morgan fingerprint density at radius 1 is 0.455 bits per heavy atom. The van der Waals surface area contributed by atoms with Crippen LogP contribution in [0.1, 0.15) is 284 Å². The molecule has 0 radical (unpaired) electrons. The molecule has 2 atom stereocenters. The van der Waals surface area contributed by atoms with Crippen molar-refractivity contribution in [3.8, 4) is 0 Å². The Kier molecular flexibility index (Phi) is 47.8. The van der Waals surface area contributed by atoms with Crippen molar-refractivity contribution in [3.05, 3.63) is 12.2 Å². The van der Waals surface area contributed by atoms with Crippen molar-refractivity contribution in [2.75, 3.05) is 47.5 Å². The molecule has 0 aromatic carbocycles. The first-order valence-corrected chi connectivity index (χ1v) is 29.9. The van der Waals surface area contributed by atoms with Crippen LogP contribution in [0.2, 0.25) is 0 Å². The summed E-state index contributed by atoms with van der Waals surface area (Å²) in [7, 11) is 1.17. The molecule has 0 spiro atoms. The van der Waals surface area contributed by atoms with E-state index in [0.717, 1.165) is 57.8 Å². The topological polar surface area (TPSA) is 111 Å². The number of phosphoric acid groups is 1. The van der Waals surface area contributed by atoms with Crippen molar-refractivity contribution in [3.63, 3.8) is 0 Å². The minimum absolute atomic E-state index is 0.0293. The number of quaternary nitrogens is 1. The van der Waals surface area contributed by atoms with Gasteiger partial charge in [-0.1, -0.05) is 251 Å².